The third kappa shape index (κ3) is 2.68. The number of rotatable bonds is 5. The van der Waals surface area contributed by atoms with Crippen molar-refractivity contribution in [3.63, 3.8) is 0 Å². The van der Waals surface area contributed by atoms with E-state index >= 15 is 0 Å². The third-order valence-corrected chi connectivity index (χ3v) is 2.88. The summed E-state index contributed by atoms with van der Waals surface area (Å²) in [5.74, 6) is -0.109. The van der Waals surface area contributed by atoms with Crippen molar-refractivity contribution in [3.8, 4) is 0 Å². The smallest absolute Gasteiger partial charge is 0.304 e. The van der Waals surface area contributed by atoms with Crippen LogP contribution < -0.4 is 0 Å². The summed E-state index contributed by atoms with van der Waals surface area (Å²) in [5.41, 5.74) is 2.77. The molecule has 1 atom stereocenters. The summed E-state index contributed by atoms with van der Waals surface area (Å²) in [5, 5.41) is 8.91. The largest absolute Gasteiger partial charge is 0.481 e. The van der Waals surface area contributed by atoms with Crippen molar-refractivity contribution in [2.24, 2.45) is 0 Å². The number of aromatic nitrogens is 2. The molecule has 0 aliphatic carbocycles. The summed E-state index contributed by atoms with van der Waals surface area (Å²) in [6.07, 6.45) is 0.0620. The monoisotopic (exact) mass is 248 g/mol. The first-order chi connectivity index (χ1) is 8.60. The van der Waals surface area contributed by atoms with Crippen molar-refractivity contribution in [1.29, 1.82) is 0 Å². The highest BCUT2D eigenvalue weighted by molar-refractivity contribution is 5.76. The molecule has 2 rings (SSSR count). The topological polar surface area (TPSA) is 75.2 Å². The highest BCUT2D eigenvalue weighted by atomic mass is 16.5. The Hall–Kier alpha value is -1.88. The maximum Gasteiger partial charge on any atom is 0.304 e. The lowest BCUT2D eigenvalue weighted by molar-refractivity contribution is -0.137. The van der Waals surface area contributed by atoms with Gasteiger partial charge in [0.05, 0.1) is 24.1 Å². The van der Waals surface area contributed by atoms with E-state index in [0.717, 1.165) is 22.4 Å². The van der Waals surface area contributed by atoms with Gasteiger partial charge in [-0.05, 0) is 24.6 Å². The van der Waals surface area contributed by atoms with Crippen LogP contribution in [0, 0.1) is 6.92 Å². The Kier molecular flexibility index (Phi) is 3.62. The molecule has 0 aliphatic rings. The van der Waals surface area contributed by atoms with Gasteiger partial charge in [0.25, 0.3) is 0 Å². The minimum absolute atomic E-state index is 0.0620. The van der Waals surface area contributed by atoms with Gasteiger partial charge >= 0.3 is 5.97 Å². The number of aryl methyl sites for hydroxylation is 1. The van der Waals surface area contributed by atoms with Crippen molar-refractivity contribution in [1.82, 2.24) is 9.97 Å². The molecular weight excluding hydrogens is 232 g/mol. The number of nitrogens with one attached hydrogen (secondary N) is 1. The molecule has 0 amide bonds. The Bertz CT molecular complexity index is 562. The molecule has 2 aromatic rings. The molecular formula is C13H16N2O3. The van der Waals surface area contributed by atoms with Gasteiger partial charge in [-0.25, -0.2) is 4.98 Å². The zero-order valence-electron chi connectivity index (χ0n) is 10.4. The molecule has 5 nitrogen and oxygen atoms in total. The number of carbonyl (C=O) groups is 1. The van der Waals surface area contributed by atoms with Crippen molar-refractivity contribution in [2.75, 3.05) is 13.7 Å². The molecule has 0 aliphatic heterocycles. The van der Waals surface area contributed by atoms with Gasteiger partial charge < -0.3 is 14.8 Å². The van der Waals surface area contributed by atoms with Crippen molar-refractivity contribution < 1.29 is 14.6 Å². The summed E-state index contributed by atoms with van der Waals surface area (Å²) in [6.45, 7) is 2.29. The van der Waals surface area contributed by atoms with E-state index in [0.29, 0.717) is 6.61 Å². The second-order valence-electron chi connectivity index (χ2n) is 4.35. The predicted molar refractivity (Wildman–Crippen MR) is 67.7 cm³/mol. The molecule has 1 unspecified atom stereocenters. The molecule has 0 spiro atoms. The van der Waals surface area contributed by atoms with E-state index in [1.165, 1.54) is 0 Å². The van der Waals surface area contributed by atoms with Gasteiger partial charge in [0, 0.05) is 13.0 Å². The minimum atomic E-state index is -0.821. The lowest BCUT2D eigenvalue weighted by Gasteiger charge is -2.14. The second-order valence-corrected chi connectivity index (χ2v) is 4.35. The molecule has 1 aromatic carbocycles. The molecule has 2 N–H and O–H groups in total. The minimum Gasteiger partial charge on any atom is -0.481 e. The standard InChI is InChI=1S/C13H16N2O3/c1-8-14-11-4-3-9(5-12(11)15-8)10(7-18-2)6-13(16)17/h3-5,10H,6-7H2,1-2H3,(H,14,15)(H,16,17). The summed E-state index contributed by atoms with van der Waals surface area (Å²) in [7, 11) is 1.58. The van der Waals surface area contributed by atoms with Crippen molar-refractivity contribution in [2.45, 2.75) is 19.3 Å². The van der Waals surface area contributed by atoms with Crippen molar-refractivity contribution >= 4 is 17.0 Å². The van der Waals surface area contributed by atoms with Crippen LogP contribution >= 0.6 is 0 Å². The predicted octanol–water partition coefficient (Wildman–Crippen LogP) is 2.08. The van der Waals surface area contributed by atoms with Crippen molar-refractivity contribution in [3.05, 3.63) is 29.6 Å². The fraction of sp³-hybridized carbons (Fsp3) is 0.385. The SMILES string of the molecule is COCC(CC(=O)O)c1ccc2nc(C)[nH]c2c1. The lowest BCUT2D eigenvalue weighted by Crippen LogP contribution is -2.11. The Labute approximate surface area is 105 Å². The van der Waals surface area contributed by atoms with Crippen LogP contribution in [0.4, 0.5) is 0 Å². The Balaban J connectivity index is 2.33. The summed E-state index contributed by atoms with van der Waals surface area (Å²) in [4.78, 5) is 18.3. The molecule has 5 heteroatoms. The van der Waals surface area contributed by atoms with E-state index in [1.54, 1.807) is 7.11 Å². The summed E-state index contributed by atoms with van der Waals surface area (Å²) in [6, 6.07) is 5.76. The lowest BCUT2D eigenvalue weighted by atomic mass is 9.96. The van der Waals surface area contributed by atoms with Crippen LogP contribution in [-0.2, 0) is 9.53 Å². The van der Waals surface area contributed by atoms with Crippen LogP contribution in [0.25, 0.3) is 11.0 Å². The van der Waals surface area contributed by atoms with Gasteiger partial charge in [0.1, 0.15) is 5.82 Å². The number of hydrogen-bond acceptors (Lipinski definition) is 3. The Morgan fingerprint density at radius 3 is 3.00 bits per heavy atom. The number of aromatic amines is 1. The van der Waals surface area contributed by atoms with Crippen LogP contribution in [0.5, 0.6) is 0 Å². The number of nitrogens with zero attached hydrogens (tertiary/aromatic N) is 1. The molecule has 0 bridgehead atoms. The van der Waals surface area contributed by atoms with E-state index < -0.39 is 5.97 Å². The molecule has 0 fully saturated rings. The summed E-state index contributed by atoms with van der Waals surface area (Å²) >= 11 is 0. The van der Waals surface area contributed by atoms with E-state index in [4.69, 9.17) is 9.84 Å². The molecule has 18 heavy (non-hydrogen) atoms. The fourth-order valence-electron chi connectivity index (χ4n) is 2.09. The fourth-order valence-corrected chi connectivity index (χ4v) is 2.09. The maximum atomic E-state index is 10.8. The average molecular weight is 248 g/mol. The first-order valence-corrected chi connectivity index (χ1v) is 5.77. The number of fused-ring (bicyclic) bond motifs is 1. The van der Waals surface area contributed by atoms with E-state index in [9.17, 15) is 4.79 Å². The van der Waals surface area contributed by atoms with E-state index in [1.807, 2.05) is 25.1 Å². The zero-order valence-corrected chi connectivity index (χ0v) is 10.4. The highest BCUT2D eigenvalue weighted by Crippen LogP contribution is 2.23. The van der Waals surface area contributed by atoms with Gasteiger partial charge in [-0.2, -0.15) is 0 Å². The molecule has 0 saturated carbocycles. The second kappa shape index (κ2) is 5.18. The number of carboxylic acids is 1. The summed E-state index contributed by atoms with van der Waals surface area (Å²) < 4.78 is 5.09. The number of hydrogen-bond donors (Lipinski definition) is 2. The zero-order chi connectivity index (χ0) is 13.1. The molecule has 0 saturated heterocycles. The number of imidazole rings is 1. The normalized spacial score (nSPS) is 12.8. The highest BCUT2D eigenvalue weighted by Gasteiger charge is 2.16. The van der Waals surface area contributed by atoms with Gasteiger partial charge in [0.2, 0.25) is 0 Å². The molecule has 1 heterocycles. The van der Waals surface area contributed by atoms with E-state index in [-0.39, 0.29) is 12.3 Å². The van der Waals surface area contributed by atoms with Crippen LogP contribution in [0.1, 0.15) is 23.7 Å². The molecule has 1 aromatic heterocycles. The van der Waals surface area contributed by atoms with Gasteiger partial charge in [-0.3, -0.25) is 4.79 Å². The van der Waals surface area contributed by atoms with Gasteiger partial charge in [-0.1, -0.05) is 6.07 Å². The number of H-pyrrole nitrogens is 1. The quantitative estimate of drug-likeness (QED) is 0.849. The molecule has 0 radical (unpaired) electrons. The number of methoxy groups -OCH3 is 1. The number of carboxylic acid groups (broad SMARTS) is 1. The molecule has 96 valence electrons. The maximum absolute atomic E-state index is 10.8. The Morgan fingerprint density at radius 2 is 2.33 bits per heavy atom. The number of ether oxygens (including phenoxy) is 1. The van der Waals surface area contributed by atoms with Crippen LogP contribution in [0.2, 0.25) is 0 Å². The van der Waals surface area contributed by atoms with Crippen LogP contribution in [-0.4, -0.2) is 34.8 Å². The Morgan fingerprint density at radius 1 is 1.56 bits per heavy atom. The van der Waals surface area contributed by atoms with E-state index in [2.05, 4.69) is 9.97 Å². The van der Waals surface area contributed by atoms with Crippen LogP contribution in [0.3, 0.4) is 0 Å². The average Bonchev–Trinajstić information content (AvgIpc) is 2.66. The third-order valence-electron chi connectivity index (χ3n) is 2.88. The first kappa shape index (κ1) is 12.6. The van der Waals surface area contributed by atoms with Gasteiger partial charge in [-0.15, -0.1) is 0 Å². The number of aliphatic carboxylic acids is 1. The van der Waals surface area contributed by atoms with Crippen LogP contribution in [0.15, 0.2) is 18.2 Å². The first-order valence-electron chi connectivity index (χ1n) is 5.77. The van der Waals surface area contributed by atoms with Gasteiger partial charge in [0.15, 0.2) is 0 Å². The number of benzene rings is 1.